The maximum absolute atomic E-state index is 13.1. The number of anilines is 1. The van der Waals surface area contributed by atoms with Gasteiger partial charge in [0.25, 0.3) is 0 Å². The molecule has 1 saturated carbocycles. The lowest BCUT2D eigenvalue weighted by Gasteiger charge is -2.37. The number of methoxy groups -OCH3 is 1. The molecule has 0 radical (unpaired) electrons. The van der Waals surface area contributed by atoms with Crippen molar-refractivity contribution in [2.24, 2.45) is 17.3 Å². The number of amides is 1. The first kappa shape index (κ1) is 20.0. The van der Waals surface area contributed by atoms with E-state index in [1.807, 2.05) is 12.1 Å². The van der Waals surface area contributed by atoms with Gasteiger partial charge >= 0.3 is 0 Å². The summed E-state index contributed by atoms with van der Waals surface area (Å²) in [6, 6.07) is 8.25. The van der Waals surface area contributed by atoms with Gasteiger partial charge < -0.3 is 14.5 Å². The van der Waals surface area contributed by atoms with E-state index in [4.69, 9.17) is 4.74 Å². The highest BCUT2D eigenvalue weighted by Gasteiger charge is 2.34. The van der Waals surface area contributed by atoms with Crippen LogP contribution in [0.3, 0.4) is 0 Å². The summed E-state index contributed by atoms with van der Waals surface area (Å²) in [5.74, 6) is 2.29. The van der Waals surface area contributed by atoms with E-state index in [0.29, 0.717) is 11.3 Å². The standard InChI is InChI=1S/C23H36N2O2/c1-23(2,3)19-8-6-18(7-9-19)22(26)25-15-5-14-24(16-17-25)20-10-12-21(27-4)13-11-20/h10-13,18-19H,5-9,14-17H2,1-4H3. The number of nitrogens with zero attached hydrogens (tertiary/aromatic N) is 2. The molecule has 1 aromatic rings. The van der Waals surface area contributed by atoms with Crippen LogP contribution < -0.4 is 9.64 Å². The van der Waals surface area contributed by atoms with Crippen molar-refractivity contribution >= 4 is 11.6 Å². The first-order chi connectivity index (χ1) is 12.9. The number of ether oxygens (including phenoxy) is 1. The van der Waals surface area contributed by atoms with Crippen LogP contribution in [-0.2, 0) is 4.79 Å². The van der Waals surface area contributed by atoms with Crippen LogP contribution in [0.25, 0.3) is 0 Å². The summed E-state index contributed by atoms with van der Waals surface area (Å²) in [7, 11) is 1.69. The van der Waals surface area contributed by atoms with E-state index in [-0.39, 0.29) is 5.92 Å². The Bertz CT molecular complexity index is 612. The summed E-state index contributed by atoms with van der Waals surface area (Å²) in [6.07, 6.45) is 5.57. The Balaban J connectivity index is 1.54. The lowest BCUT2D eigenvalue weighted by atomic mass is 9.69. The highest BCUT2D eigenvalue weighted by molar-refractivity contribution is 5.79. The summed E-state index contributed by atoms with van der Waals surface area (Å²) >= 11 is 0. The SMILES string of the molecule is COc1ccc(N2CCCN(C(=O)C3CCC(C(C)(C)C)CC3)CC2)cc1. The molecule has 3 rings (SSSR count). The molecule has 0 unspecified atom stereocenters. The average Bonchev–Trinajstić information content (AvgIpc) is 2.93. The monoisotopic (exact) mass is 372 g/mol. The minimum atomic E-state index is 0.246. The number of benzene rings is 1. The molecular weight excluding hydrogens is 336 g/mol. The zero-order valence-corrected chi connectivity index (χ0v) is 17.5. The number of carbonyl (C=O) groups is 1. The fourth-order valence-corrected chi connectivity index (χ4v) is 4.65. The summed E-state index contributed by atoms with van der Waals surface area (Å²) in [6.45, 7) is 10.7. The van der Waals surface area contributed by atoms with E-state index in [2.05, 4.69) is 42.7 Å². The van der Waals surface area contributed by atoms with Crippen LogP contribution in [0.5, 0.6) is 5.75 Å². The van der Waals surface area contributed by atoms with Crippen molar-refractivity contribution in [2.75, 3.05) is 38.2 Å². The van der Waals surface area contributed by atoms with Gasteiger partial charge in [0.2, 0.25) is 5.91 Å². The molecule has 1 amide bonds. The van der Waals surface area contributed by atoms with Crippen LogP contribution in [0.15, 0.2) is 24.3 Å². The Morgan fingerprint density at radius 1 is 0.963 bits per heavy atom. The van der Waals surface area contributed by atoms with Crippen LogP contribution in [0.1, 0.15) is 52.9 Å². The molecule has 0 spiro atoms. The molecule has 27 heavy (non-hydrogen) atoms. The van der Waals surface area contributed by atoms with Gasteiger partial charge in [-0.2, -0.15) is 0 Å². The molecule has 0 N–H and O–H groups in total. The van der Waals surface area contributed by atoms with E-state index in [1.165, 1.54) is 18.5 Å². The zero-order valence-electron chi connectivity index (χ0n) is 17.5. The number of rotatable bonds is 3. The highest BCUT2D eigenvalue weighted by Crippen LogP contribution is 2.40. The van der Waals surface area contributed by atoms with Gasteiger partial charge in [0.15, 0.2) is 0 Å². The number of hydrogen-bond acceptors (Lipinski definition) is 3. The normalized spacial score (nSPS) is 24.4. The van der Waals surface area contributed by atoms with Gasteiger partial charge in [0.1, 0.15) is 5.75 Å². The molecule has 0 aromatic heterocycles. The van der Waals surface area contributed by atoms with Gasteiger partial charge in [-0.05, 0) is 67.7 Å². The van der Waals surface area contributed by atoms with Crippen LogP contribution in [-0.4, -0.2) is 44.1 Å². The maximum Gasteiger partial charge on any atom is 0.225 e. The Labute approximate surface area is 164 Å². The lowest BCUT2D eigenvalue weighted by molar-refractivity contribution is -0.137. The molecule has 1 aromatic carbocycles. The molecule has 2 fully saturated rings. The summed E-state index contributed by atoms with van der Waals surface area (Å²) in [5, 5.41) is 0. The topological polar surface area (TPSA) is 32.8 Å². The fourth-order valence-electron chi connectivity index (χ4n) is 4.65. The van der Waals surface area contributed by atoms with Gasteiger partial charge in [0.05, 0.1) is 7.11 Å². The van der Waals surface area contributed by atoms with Crippen molar-refractivity contribution in [1.82, 2.24) is 4.90 Å². The molecule has 1 aliphatic heterocycles. The summed E-state index contributed by atoms with van der Waals surface area (Å²) < 4.78 is 5.25. The van der Waals surface area contributed by atoms with Gasteiger partial charge in [0, 0.05) is 37.8 Å². The third-order valence-electron chi connectivity index (χ3n) is 6.55. The van der Waals surface area contributed by atoms with Crippen molar-refractivity contribution in [3.05, 3.63) is 24.3 Å². The lowest BCUT2D eigenvalue weighted by Crippen LogP contribution is -2.41. The molecule has 0 bridgehead atoms. The molecular formula is C23H36N2O2. The second-order valence-corrected chi connectivity index (χ2v) is 9.28. The molecule has 0 atom stereocenters. The van der Waals surface area contributed by atoms with Crippen LogP contribution in [0.2, 0.25) is 0 Å². The van der Waals surface area contributed by atoms with Crippen molar-refractivity contribution in [3.63, 3.8) is 0 Å². The minimum absolute atomic E-state index is 0.246. The van der Waals surface area contributed by atoms with Gasteiger partial charge in [-0.15, -0.1) is 0 Å². The first-order valence-electron chi connectivity index (χ1n) is 10.6. The Kier molecular flexibility index (Phi) is 6.33. The summed E-state index contributed by atoms with van der Waals surface area (Å²) in [5.41, 5.74) is 1.59. The van der Waals surface area contributed by atoms with E-state index in [0.717, 1.165) is 57.1 Å². The quantitative estimate of drug-likeness (QED) is 0.778. The maximum atomic E-state index is 13.1. The Morgan fingerprint density at radius 3 is 2.22 bits per heavy atom. The molecule has 2 aliphatic rings. The minimum Gasteiger partial charge on any atom is -0.497 e. The predicted octanol–water partition coefficient (Wildman–Crippen LogP) is 4.59. The second kappa shape index (κ2) is 8.53. The van der Waals surface area contributed by atoms with E-state index in [9.17, 15) is 4.79 Å². The smallest absolute Gasteiger partial charge is 0.225 e. The van der Waals surface area contributed by atoms with Crippen LogP contribution in [0.4, 0.5) is 5.69 Å². The van der Waals surface area contributed by atoms with Gasteiger partial charge in [-0.25, -0.2) is 0 Å². The third-order valence-corrected chi connectivity index (χ3v) is 6.55. The molecule has 150 valence electrons. The number of hydrogen-bond donors (Lipinski definition) is 0. The summed E-state index contributed by atoms with van der Waals surface area (Å²) in [4.78, 5) is 17.6. The molecule has 1 aliphatic carbocycles. The van der Waals surface area contributed by atoms with Gasteiger partial charge in [-0.1, -0.05) is 20.8 Å². The third kappa shape index (κ3) is 4.97. The van der Waals surface area contributed by atoms with E-state index in [1.54, 1.807) is 7.11 Å². The fraction of sp³-hybridized carbons (Fsp3) is 0.696. The van der Waals surface area contributed by atoms with Crippen molar-refractivity contribution in [1.29, 1.82) is 0 Å². The second-order valence-electron chi connectivity index (χ2n) is 9.28. The Morgan fingerprint density at radius 2 is 1.63 bits per heavy atom. The van der Waals surface area contributed by atoms with Crippen molar-refractivity contribution in [3.8, 4) is 5.75 Å². The largest absolute Gasteiger partial charge is 0.497 e. The molecule has 4 nitrogen and oxygen atoms in total. The van der Waals surface area contributed by atoms with Crippen molar-refractivity contribution < 1.29 is 9.53 Å². The van der Waals surface area contributed by atoms with E-state index >= 15 is 0 Å². The van der Waals surface area contributed by atoms with Crippen LogP contribution >= 0.6 is 0 Å². The van der Waals surface area contributed by atoms with E-state index < -0.39 is 0 Å². The molecule has 4 heteroatoms. The Hall–Kier alpha value is -1.71. The molecule has 1 saturated heterocycles. The average molecular weight is 373 g/mol. The first-order valence-corrected chi connectivity index (χ1v) is 10.6. The number of carbonyl (C=O) groups excluding carboxylic acids is 1. The zero-order chi connectivity index (χ0) is 19.4. The van der Waals surface area contributed by atoms with Crippen molar-refractivity contribution in [2.45, 2.75) is 52.9 Å². The molecule has 1 heterocycles. The highest BCUT2D eigenvalue weighted by atomic mass is 16.5. The van der Waals surface area contributed by atoms with Gasteiger partial charge in [-0.3, -0.25) is 4.79 Å². The van der Waals surface area contributed by atoms with Crippen LogP contribution in [0, 0.1) is 17.3 Å². The predicted molar refractivity (Wildman–Crippen MR) is 111 cm³/mol.